The standard InChI is InChI=1S/2C9H8O4.Mn/c2*1-5-2-3-6(8(10)11)7(4-5)9(12)13;/h2*2-4H,1H3,(H,10,11)(H,12,13);/q;;+2/p-2. The molecule has 0 aromatic heterocycles. The molecule has 0 amide bonds. The molecule has 0 atom stereocenters. The minimum Gasteiger partial charge on any atom is -0.545 e. The number of carbonyl (C=O) groups excluding carboxylic acids is 2. The average molecular weight is 413 g/mol. The number of benzene rings is 2. The smallest absolute Gasteiger partial charge is 0.545 e. The van der Waals surface area contributed by atoms with E-state index in [1.807, 2.05) is 0 Å². The van der Waals surface area contributed by atoms with E-state index in [9.17, 15) is 29.4 Å². The number of hydrogen-bond donors (Lipinski definition) is 2. The first-order chi connectivity index (χ1) is 12.0. The summed E-state index contributed by atoms with van der Waals surface area (Å²) in [5.74, 6) is -5.47. The van der Waals surface area contributed by atoms with Crippen LogP contribution in [0, 0.1) is 13.8 Å². The summed E-state index contributed by atoms with van der Waals surface area (Å²) in [5, 5.41) is 38.2. The largest absolute Gasteiger partial charge is 2.00 e. The van der Waals surface area contributed by atoms with Crippen LogP contribution in [0.15, 0.2) is 36.4 Å². The Morgan fingerprint density at radius 1 is 0.667 bits per heavy atom. The van der Waals surface area contributed by atoms with E-state index >= 15 is 0 Å². The third kappa shape index (κ3) is 6.58. The molecule has 141 valence electrons. The molecule has 0 spiro atoms. The van der Waals surface area contributed by atoms with Crippen LogP contribution in [0.1, 0.15) is 52.6 Å². The van der Waals surface area contributed by atoms with Crippen molar-refractivity contribution < 1.29 is 56.7 Å². The van der Waals surface area contributed by atoms with Gasteiger partial charge in [0.1, 0.15) is 0 Å². The van der Waals surface area contributed by atoms with Gasteiger partial charge in [-0.3, -0.25) is 0 Å². The quantitative estimate of drug-likeness (QED) is 0.670. The second-order valence-corrected chi connectivity index (χ2v) is 5.28. The predicted molar refractivity (Wildman–Crippen MR) is 84.9 cm³/mol. The second kappa shape index (κ2) is 10.1. The first-order valence-corrected chi connectivity index (χ1v) is 7.15. The first-order valence-electron chi connectivity index (χ1n) is 7.15. The predicted octanol–water partition coefficient (Wildman–Crippen LogP) is 0.111. The van der Waals surface area contributed by atoms with E-state index < -0.39 is 23.9 Å². The Hall–Kier alpha value is -3.16. The van der Waals surface area contributed by atoms with Crippen LogP contribution >= 0.6 is 0 Å². The molecule has 2 rings (SSSR count). The van der Waals surface area contributed by atoms with Crippen molar-refractivity contribution in [1.29, 1.82) is 0 Å². The number of rotatable bonds is 4. The number of carboxylic acids is 4. The van der Waals surface area contributed by atoms with Crippen molar-refractivity contribution in [2.45, 2.75) is 13.8 Å². The molecule has 9 heteroatoms. The van der Waals surface area contributed by atoms with Gasteiger partial charge in [-0.2, -0.15) is 0 Å². The summed E-state index contributed by atoms with van der Waals surface area (Å²) in [7, 11) is 0. The van der Waals surface area contributed by atoms with Gasteiger partial charge in [0, 0.05) is 11.1 Å². The number of carboxylic acid groups (broad SMARTS) is 4. The SMILES string of the molecule is Cc1ccc(C(=O)O)c(C(=O)O)c1.Cc1ccc(C(=O)[O-])c(C(=O)[O-])c1.[Mn+2]. The van der Waals surface area contributed by atoms with Crippen molar-refractivity contribution in [2.24, 2.45) is 0 Å². The van der Waals surface area contributed by atoms with E-state index in [1.54, 1.807) is 19.9 Å². The van der Waals surface area contributed by atoms with Gasteiger partial charge in [-0.1, -0.05) is 29.3 Å². The molecular weight excluding hydrogens is 399 g/mol. The van der Waals surface area contributed by atoms with Crippen LogP contribution in [0.4, 0.5) is 0 Å². The molecule has 1 radical (unpaired) electrons. The van der Waals surface area contributed by atoms with Gasteiger partial charge in [-0.05, 0) is 32.0 Å². The van der Waals surface area contributed by atoms with Gasteiger partial charge in [0.25, 0.3) is 0 Å². The molecule has 0 heterocycles. The minimum absolute atomic E-state index is 0. The van der Waals surface area contributed by atoms with Crippen LogP contribution < -0.4 is 10.2 Å². The Bertz CT molecular complexity index is 815. The molecular formula is C18H14MnO8. The van der Waals surface area contributed by atoms with Crippen molar-refractivity contribution in [1.82, 2.24) is 0 Å². The fourth-order valence-corrected chi connectivity index (χ4v) is 2.03. The number of aromatic carboxylic acids is 4. The maximum absolute atomic E-state index is 10.6. The second-order valence-electron chi connectivity index (χ2n) is 5.28. The molecule has 8 nitrogen and oxygen atoms in total. The van der Waals surface area contributed by atoms with Gasteiger partial charge in [-0.15, -0.1) is 0 Å². The molecule has 27 heavy (non-hydrogen) atoms. The van der Waals surface area contributed by atoms with E-state index in [4.69, 9.17) is 10.2 Å². The number of aryl methyl sites for hydroxylation is 2. The molecule has 0 unspecified atom stereocenters. The van der Waals surface area contributed by atoms with Crippen LogP contribution in [0.25, 0.3) is 0 Å². The molecule has 0 aliphatic heterocycles. The molecule has 0 saturated carbocycles. The Morgan fingerprint density at radius 2 is 1.04 bits per heavy atom. The minimum atomic E-state index is -1.51. The number of hydrogen-bond acceptors (Lipinski definition) is 6. The van der Waals surface area contributed by atoms with Crippen molar-refractivity contribution in [3.05, 3.63) is 69.8 Å². The maximum atomic E-state index is 10.6. The molecule has 0 aliphatic carbocycles. The molecule has 2 N–H and O–H groups in total. The summed E-state index contributed by atoms with van der Waals surface area (Å²) in [6.45, 7) is 3.36. The van der Waals surface area contributed by atoms with E-state index in [0.717, 1.165) is 5.56 Å². The van der Waals surface area contributed by atoms with Gasteiger partial charge in [-0.25, -0.2) is 9.59 Å². The van der Waals surface area contributed by atoms with E-state index in [1.165, 1.54) is 30.3 Å². The summed E-state index contributed by atoms with van der Waals surface area (Å²) >= 11 is 0. The van der Waals surface area contributed by atoms with Crippen LogP contribution in [0.3, 0.4) is 0 Å². The van der Waals surface area contributed by atoms with Crippen LogP contribution in [-0.4, -0.2) is 34.1 Å². The van der Waals surface area contributed by atoms with E-state index in [2.05, 4.69) is 0 Å². The molecule has 0 aliphatic rings. The maximum Gasteiger partial charge on any atom is 2.00 e. The Labute approximate surface area is 164 Å². The van der Waals surface area contributed by atoms with Crippen LogP contribution in [-0.2, 0) is 17.1 Å². The summed E-state index contributed by atoms with van der Waals surface area (Å²) < 4.78 is 0. The molecule has 0 saturated heterocycles. The third-order valence-electron chi connectivity index (χ3n) is 3.25. The van der Waals surface area contributed by atoms with Gasteiger partial charge < -0.3 is 30.0 Å². The Balaban J connectivity index is 0.000000483. The summed E-state index contributed by atoms with van der Waals surface area (Å²) in [6.07, 6.45) is 0. The summed E-state index contributed by atoms with van der Waals surface area (Å²) in [5.41, 5.74) is 0.322. The summed E-state index contributed by atoms with van der Waals surface area (Å²) in [6, 6.07) is 8.12. The fourth-order valence-electron chi connectivity index (χ4n) is 2.03. The van der Waals surface area contributed by atoms with Crippen LogP contribution in [0.5, 0.6) is 0 Å². The number of carbonyl (C=O) groups is 4. The van der Waals surface area contributed by atoms with Crippen molar-refractivity contribution >= 4 is 23.9 Å². The van der Waals surface area contributed by atoms with Crippen molar-refractivity contribution in [3.63, 3.8) is 0 Å². The summed E-state index contributed by atoms with van der Waals surface area (Å²) in [4.78, 5) is 42.1. The van der Waals surface area contributed by atoms with Gasteiger partial charge in [0.05, 0.1) is 23.1 Å². The molecule has 0 bridgehead atoms. The van der Waals surface area contributed by atoms with Gasteiger partial charge in [0.2, 0.25) is 0 Å². The average Bonchev–Trinajstić information content (AvgIpc) is 2.54. The monoisotopic (exact) mass is 413 g/mol. The van der Waals surface area contributed by atoms with Gasteiger partial charge >= 0.3 is 29.0 Å². The zero-order valence-corrected chi connectivity index (χ0v) is 15.4. The third-order valence-corrected chi connectivity index (χ3v) is 3.25. The fraction of sp³-hybridized carbons (Fsp3) is 0.111. The molecule has 0 fully saturated rings. The van der Waals surface area contributed by atoms with Crippen LogP contribution in [0.2, 0.25) is 0 Å². The topological polar surface area (TPSA) is 155 Å². The van der Waals surface area contributed by atoms with Crippen molar-refractivity contribution in [2.75, 3.05) is 0 Å². The zero-order chi connectivity index (χ0) is 20.0. The van der Waals surface area contributed by atoms with Crippen molar-refractivity contribution in [3.8, 4) is 0 Å². The van der Waals surface area contributed by atoms with Gasteiger partial charge in [0.15, 0.2) is 0 Å². The zero-order valence-electron chi connectivity index (χ0n) is 14.2. The molecule has 2 aromatic rings. The Kier molecular flexibility index (Phi) is 8.92. The molecule has 2 aromatic carbocycles. The van der Waals surface area contributed by atoms with E-state index in [0.29, 0.717) is 5.56 Å². The Morgan fingerprint density at radius 3 is 1.41 bits per heavy atom. The first kappa shape index (κ1) is 23.8. The van der Waals surface area contributed by atoms with E-state index in [-0.39, 0.29) is 39.3 Å². The normalized spacial score (nSPS) is 9.26.